The van der Waals surface area contributed by atoms with Gasteiger partial charge in [0.2, 0.25) is 5.91 Å². The summed E-state index contributed by atoms with van der Waals surface area (Å²) in [6.07, 6.45) is 1.64. The molecule has 1 heterocycles. The molecule has 22 heavy (non-hydrogen) atoms. The van der Waals surface area contributed by atoms with Crippen LogP contribution in [0.25, 0.3) is 0 Å². The van der Waals surface area contributed by atoms with Crippen LogP contribution in [0.15, 0.2) is 0 Å². The van der Waals surface area contributed by atoms with E-state index < -0.39 is 6.10 Å². The van der Waals surface area contributed by atoms with Gasteiger partial charge >= 0.3 is 0 Å². The highest BCUT2D eigenvalue weighted by molar-refractivity contribution is 5.77. The van der Waals surface area contributed by atoms with Gasteiger partial charge in [-0.25, -0.2) is 9.67 Å². The maximum absolute atomic E-state index is 11.7. The van der Waals surface area contributed by atoms with E-state index in [4.69, 9.17) is 4.74 Å². The molecule has 7 nitrogen and oxygen atoms in total. The Morgan fingerprint density at radius 2 is 2.23 bits per heavy atom. The summed E-state index contributed by atoms with van der Waals surface area (Å²) < 4.78 is 6.78. The Morgan fingerprint density at radius 3 is 2.86 bits per heavy atom. The highest BCUT2D eigenvalue weighted by atomic mass is 16.5. The average Bonchev–Trinajstić information content (AvgIpc) is 2.84. The largest absolute Gasteiger partial charge is 0.391 e. The number of ether oxygens (including phenoxy) is 1. The van der Waals surface area contributed by atoms with Crippen LogP contribution in [0.5, 0.6) is 0 Å². The zero-order chi connectivity index (χ0) is 16.3. The van der Waals surface area contributed by atoms with E-state index in [1.165, 1.54) is 7.11 Å². The summed E-state index contributed by atoms with van der Waals surface area (Å²) in [5.74, 6) is 1.70. The predicted molar refractivity (Wildman–Crippen MR) is 81.5 cm³/mol. The molecular formula is C15H26N4O3. The van der Waals surface area contributed by atoms with Crippen molar-refractivity contribution >= 4 is 5.91 Å². The van der Waals surface area contributed by atoms with Crippen LogP contribution < -0.4 is 5.32 Å². The summed E-state index contributed by atoms with van der Waals surface area (Å²) >= 11 is 0. The van der Waals surface area contributed by atoms with Crippen molar-refractivity contribution in [3.05, 3.63) is 11.6 Å². The molecule has 0 radical (unpaired) electrons. The molecule has 2 rings (SSSR count). The summed E-state index contributed by atoms with van der Waals surface area (Å²) in [7, 11) is 1.48. The topological polar surface area (TPSA) is 89.3 Å². The van der Waals surface area contributed by atoms with Gasteiger partial charge in [-0.15, -0.1) is 0 Å². The second-order valence-electron chi connectivity index (χ2n) is 6.24. The quantitative estimate of drug-likeness (QED) is 0.844. The van der Waals surface area contributed by atoms with E-state index in [9.17, 15) is 9.90 Å². The molecule has 7 heteroatoms. The Labute approximate surface area is 131 Å². The number of amides is 1. The molecule has 1 saturated carbocycles. The third kappa shape index (κ3) is 3.84. The van der Waals surface area contributed by atoms with Gasteiger partial charge in [-0.3, -0.25) is 4.79 Å². The lowest BCUT2D eigenvalue weighted by molar-refractivity contribution is -0.126. The van der Waals surface area contributed by atoms with Gasteiger partial charge in [0.25, 0.3) is 0 Å². The van der Waals surface area contributed by atoms with E-state index in [1.807, 2.05) is 11.6 Å². The molecule has 0 bridgehead atoms. The van der Waals surface area contributed by atoms with Crippen LogP contribution in [0.1, 0.15) is 56.7 Å². The Bertz CT molecular complexity index is 515. The molecule has 124 valence electrons. The van der Waals surface area contributed by atoms with Crippen LogP contribution in [0, 0.1) is 6.92 Å². The fraction of sp³-hybridized carbons (Fsp3) is 0.800. The van der Waals surface area contributed by atoms with Crippen molar-refractivity contribution in [2.45, 2.75) is 64.1 Å². The minimum Gasteiger partial charge on any atom is -0.391 e. The highest BCUT2D eigenvalue weighted by Crippen LogP contribution is 2.33. The molecule has 2 N–H and O–H groups in total. The molecule has 0 saturated heterocycles. The van der Waals surface area contributed by atoms with Gasteiger partial charge in [-0.2, -0.15) is 5.10 Å². The molecular weight excluding hydrogens is 284 g/mol. The van der Waals surface area contributed by atoms with Crippen LogP contribution in [0.2, 0.25) is 0 Å². The molecule has 0 unspecified atom stereocenters. The minimum absolute atomic E-state index is 0.00910. The number of carbonyl (C=O) groups excluding carboxylic acids is 1. The number of methoxy groups -OCH3 is 1. The summed E-state index contributed by atoms with van der Waals surface area (Å²) in [6, 6.07) is -0.0244. The Hall–Kier alpha value is -1.47. The fourth-order valence-corrected chi connectivity index (χ4v) is 3.03. The molecule has 1 aromatic rings. The zero-order valence-corrected chi connectivity index (χ0v) is 13.7. The predicted octanol–water partition coefficient (Wildman–Crippen LogP) is 0.927. The number of aliphatic hydroxyl groups excluding tert-OH is 1. The van der Waals surface area contributed by atoms with E-state index >= 15 is 0 Å². The van der Waals surface area contributed by atoms with Crippen LogP contribution in [-0.2, 0) is 9.53 Å². The van der Waals surface area contributed by atoms with Crippen LogP contribution in [0.3, 0.4) is 0 Å². The van der Waals surface area contributed by atoms with Gasteiger partial charge < -0.3 is 15.2 Å². The molecule has 1 amide bonds. The number of nitrogens with one attached hydrogen (secondary N) is 1. The van der Waals surface area contributed by atoms with E-state index in [2.05, 4.69) is 29.2 Å². The van der Waals surface area contributed by atoms with E-state index in [0.717, 1.165) is 18.1 Å². The summed E-state index contributed by atoms with van der Waals surface area (Å²) in [6.45, 7) is 6.05. The molecule has 1 aliphatic rings. The van der Waals surface area contributed by atoms with Gasteiger partial charge in [0.05, 0.1) is 12.1 Å². The monoisotopic (exact) mass is 310 g/mol. The Morgan fingerprint density at radius 1 is 1.50 bits per heavy atom. The first-order valence-electron chi connectivity index (χ1n) is 7.81. The lowest BCUT2D eigenvalue weighted by Gasteiger charge is -2.33. The number of aryl methyl sites for hydroxylation is 1. The van der Waals surface area contributed by atoms with Crippen LogP contribution in [0.4, 0.5) is 0 Å². The molecule has 1 fully saturated rings. The van der Waals surface area contributed by atoms with Crippen LogP contribution in [-0.4, -0.2) is 51.6 Å². The van der Waals surface area contributed by atoms with Gasteiger partial charge in [0, 0.05) is 19.1 Å². The molecule has 1 aliphatic carbocycles. The number of rotatable bonds is 5. The standard InChI is InChI=1S/C15H26N4O3/c1-9(2)19-15(16-10(3)18-19)11-5-6-13(20)12(7-11)17-14(21)8-22-4/h9,11-13,20H,5-8H2,1-4H3,(H,17,21)/t11-,12+,13+/m0/s1. The van der Waals surface area contributed by atoms with Gasteiger partial charge in [-0.1, -0.05) is 0 Å². The Kier molecular flexibility index (Phi) is 5.52. The fourth-order valence-electron chi connectivity index (χ4n) is 3.03. The van der Waals surface area contributed by atoms with Crippen molar-refractivity contribution in [1.29, 1.82) is 0 Å². The normalized spacial score (nSPS) is 25.5. The first-order chi connectivity index (χ1) is 10.4. The first-order valence-corrected chi connectivity index (χ1v) is 7.81. The van der Waals surface area contributed by atoms with Gasteiger partial charge in [-0.05, 0) is 40.0 Å². The summed E-state index contributed by atoms with van der Waals surface area (Å²) in [5, 5.41) is 17.4. The second kappa shape index (κ2) is 7.19. The second-order valence-corrected chi connectivity index (χ2v) is 6.24. The SMILES string of the molecule is COCC(=O)N[C@@H]1C[C@@H](c2nc(C)nn2C(C)C)CC[C@H]1O. The maximum atomic E-state index is 11.7. The van der Waals surface area contributed by atoms with Gasteiger partial charge in [0.15, 0.2) is 0 Å². The maximum Gasteiger partial charge on any atom is 0.246 e. The van der Waals surface area contributed by atoms with Crippen molar-refractivity contribution in [2.24, 2.45) is 0 Å². The molecule has 3 atom stereocenters. The molecule has 0 aliphatic heterocycles. The number of nitrogens with zero attached hydrogens (tertiary/aromatic N) is 3. The number of aromatic nitrogens is 3. The zero-order valence-electron chi connectivity index (χ0n) is 13.7. The van der Waals surface area contributed by atoms with Crippen molar-refractivity contribution in [3.63, 3.8) is 0 Å². The van der Waals surface area contributed by atoms with Crippen LogP contribution >= 0.6 is 0 Å². The number of hydrogen-bond donors (Lipinski definition) is 2. The molecule has 1 aromatic heterocycles. The lowest BCUT2D eigenvalue weighted by atomic mass is 9.83. The Balaban J connectivity index is 2.11. The number of aliphatic hydroxyl groups is 1. The van der Waals surface area contributed by atoms with E-state index in [0.29, 0.717) is 12.8 Å². The summed E-state index contributed by atoms with van der Waals surface area (Å²) in [5.41, 5.74) is 0. The molecule has 0 spiro atoms. The third-order valence-corrected chi connectivity index (χ3v) is 4.05. The van der Waals surface area contributed by atoms with Crippen molar-refractivity contribution in [1.82, 2.24) is 20.1 Å². The lowest BCUT2D eigenvalue weighted by Crippen LogP contribution is -2.48. The first kappa shape index (κ1) is 16.9. The van der Waals surface area contributed by atoms with Crippen molar-refractivity contribution in [3.8, 4) is 0 Å². The number of carbonyl (C=O) groups is 1. The molecule has 0 aromatic carbocycles. The summed E-state index contributed by atoms with van der Waals surface area (Å²) in [4.78, 5) is 16.3. The third-order valence-electron chi connectivity index (χ3n) is 4.05. The van der Waals surface area contributed by atoms with Gasteiger partial charge in [0.1, 0.15) is 18.3 Å². The van der Waals surface area contributed by atoms with E-state index in [1.54, 1.807) is 0 Å². The van der Waals surface area contributed by atoms with Crippen molar-refractivity contribution < 1.29 is 14.6 Å². The van der Waals surface area contributed by atoms with Crippen molar-refractivity contribution in [2.75, 3.05) is 13.7 Å². The smallest absolute Gasteiger partial charge is 0.246 e. The average molecular weight is 310 g/mol. The minimum atomic E-state index is -0.520. The highest BCUT2D eigenvalue weighted by Gasteiger charge is 2.33. The number of hydrogen-bond acceptors (Lipinski definition) is 5. The van der Waals surface area contributed by atoms with E-state index in [-0.39, 0.29) is 30.5 Å².